The monoisotopic (exact) mass is 288 g/mol. The minimum Gasteiger partial charge on any atom is -0.356 e. The minimum atomic E-state index is -0.313. The quantitative estimate of drug-likeness (QED) is 0.839. The third kappa shape index (κ3) is 3.29. The standard InChI is InChI=1S/C16H20N2O3/c1-10(2)9-17-14(19)6-7-18-15(20)12-5-4-11(3)8-13(12)16(18)21/h4-5,8,10H,6-7,9H2,1-3H3,(H,17,19). The van der Waals surface area contributed by atoms with Crippen molar-refractivity contribution in [2.75, 3.05) is 13.1 Å². The van der Waals surface area contributed by atoms with Crippen molar-refractivity contribution in [2.24, 2.45) is 5.92 Å². The van der Waals surface area contributed by atoms with Crippen LogP contribution in [0.25, 0.3) is 0 Å². The van der Waals surface area contributed by atoms with Gasteiger partial charge in [0.1, 0.15) is 0 Å². The van der Waals surface area contributed by atoms with E-state index in [4.69, 9.17) is 0 Å². The lowest BCUT2D eigenvalue weighted by Gasteiger charge is -2.14. The van der Waals surface area contributed by atoms with Crippen LogP contribution in [0.4, 0.5) is 0 Å². The smallest absolute Gasteiger partial charge is 0.261 e. The summed E-state index contributed by atoms with van der Waals surface area (Å²) in [4.78, 5) is 37.2. The molecular weight excluding hydrogens is 268 g/mol. The van der Waals surface area contributed by atoms with Gasteiger partial charge in [-0.25, -0.2) is 0 Å². The third-order valence-electron chi connectivity index (χ3n) is 3.40. The predicted molar refractivity (Wildman–Crippen MR) is 79.0 cm³/mol. The summed E-state index contributed by atoms with van der Waals surface area (Å²) in [5, 5.41) is 2.78. The maximum atomic E-state index is 12.2. The van der Waals surface area contributed by atoms with Crippen molar-refractivity contribution in [3.05, 3.63) is 34.9 Å². The normalized spacial score (nSPS) is 13.8. The highest BCUT2D eigenvalue weighted by Gasteiger charge is 2.35. The Hall–Kier alpha value is -2.17. The Morgan fingerprint density at radius 2 is 1.86 bits per heavy atom. The molecule has 21 heavy (non-hydrogen) atoms. The van der Waals surface area contributed by atoms with Crippen molar-refractivity contribution >= 4 is 17.7 Å². The molecule has 3 amide bonds. The highest BCUT2D eigenvalue weighted by atomic mass is 16.2. The van der Waals surface area contributed by atoms with Crippen molar-refractivity contribution < 1.29 is 14.4 Å². The highest BCUT2D eigenvalue weighted by Crippen LogP contribution is 2.23. The van der Waals surface area contributed by atoms with Crippen molar-refractivity contribution in [1.29, 1.82) is 0 Å². The van der Waals surface area contributed by atoms with E-state index in [1.54, 1.807) is 12.1 Å². The third-order valence-corrected chi connectivity index (χ3v) is 3.40. The van der Waals surface area contributed by atoms with E-state index in [9.17, 15) is 14.4 Å². The van der Waals surface area contributed by atoms with Crippen molar-refractivity contribution in [3.63, 3.8) is 0 Å². The van der Waals surface area contributed by atoms with Gasteiger partial charge >= 0.3 is 0 Å². The number of fused-ring (bicyclic) bond motifs is 1. The number of imide groups is 1. The zero-order chi connectivity index (χ0) is 15.6. The van der Waals surface area contributed by atoms with E-state index in [1.807, 2.05) is 26.8 Å². The molecule has 0 radical (unpaired) electrons. The molecular formula is C16H20N2O3. The van der Waals surface area contributed by atoms with E-state index in [-0.39, 0.29) is 30.7 Å². The molecule has 0 atom stereocenters. The SMILES string of the molecule is Cc1ccc2c(c1)C(=O)N(CCC(=O)NCC(C)C)C2=O. The first kappa shape index (κ1) is 15.2. The molecule has 0 aliphatic carbocycles. The average molecular weight is 288 g/mol. The molecule has 5 nitrogen and oxygen atoms in total. The molecule has 0 bridgehead atoms. The molecule has 112 valence electrons. The molecule has 0 unspecified atom stereocenters. The Bertz CT molecular complexity index is 593. The second-order valence-corrected chi connectivity index (χ2v) is 5.76. The average Bonchev–Trinajstić information content (AvgIpc) is 2.66. The Balaban J connectivity index is 1.99. The number of benzene rings is 1. The molecule has 0 aromatic heterocycles. The summed E-state index contributed by atoms with van der Waals surface area (Å²) in [6.45, 7) is 6.61. The second-order valence-electron chi connectivity index (χ2n) is 5.76. The van der Waals surface area contributed by atoms with E-state index in [2.05, 4.69) is 5.32 Å². The fraction of sp³-hybridized carbons (Fsp3) is 0.438. The van der Waals surface area contributed by atoms with E-state index < -0.39 is 0 Å². The van der Waals surface area contributed by atoms with Crippen LogP contribution in [0.3, 0.4) is 0 Å². The summed E-state index contributed by atoms with van der Waals surface area (Å²) in [7, 11) is 0. The van der Waals surface area contributed by atoms with Crippen LogP contribution >= 0.6 is 0 Å². The maximum absolute atomic E-state index is 12.2. The number of aryl methyl sites for hydroxylation is 1. The summed E-state index contributed by atoms with van der Waals surface area (Å²) in [5.41, 5.74) is 1.79. The first-order valence-electron chi connectivity index (χ1n) is 7.13. The predicted octanol–water partition coefficient (Wildman–Crippen LogP) is 1.75. The van der Waals surface area contributed by atoms with Crippen molar-refractivity contribution in [2.45, 2.75) is 27.2 Å². The lowest BCUT2D eigenvalue weighted by molar-refractivity contribution is -0.121. The van der Waals surface area contributed by atoms with Crippen LogP contribution < -0.4 is 5.32 Å². The molecule has 1 aromatic rings. The van der Waals surface area contributed by atoms with Gasteiger partial charge in [0.2, 0.25) is 5.91 Å². The number of rotatable bonds is 5. The molecule has 1 N–H and O–H groups in total. The summed E-state index contributed by atoms with van der Waals surface area (Å²) in [6, 6.07) is 5.20. The Kier molecular flexibility index (Phi) is 4.40. The van der Waals surface area contributed by atoms with Gasteiger partial charge in [0.25, 0.3) is 11.8 Å². The van der Waals surface area contributed by atoms with E-state index >= 15 is 0 Å². The molecule has 1 aliphatic rings. The number of nitrogens with one attached hydrogen (secondary N) is 1. The second kappa shape index (κ2) is 6.08. The topological polar surface area (TPSA) is 66.5 Å². The van der Waals surface area contributed by atoms with Crippen LogP contribution in [-0.2, 0) is 4.79 Å². The zero-order valence-corrected chi connectivity index (χ0v) is 12.6. The van der Waals surface area contributed by atoms with Crippen LogP contribution in [0.2, 0.25) is 0 Å². The number of carbonyl (C=O) groups is 3. The number of nitrogens with zero attached hydrogens (tertiary/aromatic N) is 1. The Labute approximate surface area is 124 Å². The van der Waals surface area contributed by atoms with Crippen LogP contribution in [0.5, 0.6) is 0 Å². The van der Waals surface area contributed by atoms with Crippen LogP contribution in [-0.4, -0.2) is 35.7 Å². The zero-order valence-electron chi connectivity index (χ0n) is 12.6. The van der Waals surface area contributed by atoms with Gasteiger partial charge in [0.15, 0.2) is 0 Å². The van der Waals surface area contributed by atoms with Gasteiger partial charge in [-0.15, -0.1) is 0 Å². The van der Waals surface area contributed by atoms with Gasteiger partial charge in [-0.2, -0.15) is 0 Å². The number of hydrogen-bond acceptors (Lipinski definition) is 3. The molecule has 1 aromatic carbocycles. The number of amides is 3. The van der Waals surface area contributed by atoms with E-state index in [0.29, 0.717) is 23.6 Å². The van der Waals surface area contributed by atoms with Gasteiger partial charge in [0.05, 0.1) is 11.1 Å². The molecule has 0 spiro atoms. The number of hydrogen-bond donors (Lipinski definition) is 1. The lowest BCUT2D eigenvalue weighted by Crippen LogP contribution is -2.35. The molecule has 0 saturated carbocycles. The molecule has 5 heteroatoms. The molecule has 0 saturated heterocycles. The Morgan fingerprint density at radius 3 is 2.52 bits per heavy atom. The summed E-state index contributed by atoms with van der Waals surface area (Å²) >= 11 is 0. The maximum Gasteiger partial charge on any atom is 0.261 e. The van der Waals surface area contributed by atoms with Gasteiger partial charge in [0, 0.05) is 19.5 Å². The van der Waals surface area contributed by atoms with Gasteiger partial charge in [-0.3, -0.25) is 19.3 Å². The van der Waals surface area contributed by atoms with Crippen LogP contribution in [0.15, 0.2) is 18.2 Å². The van der Waals surface area contributed by atoms with E-state index in [1.165, 1.54) is 0 Å². The van der Waals surface area contributed by atoms with Crippen molar-refractivity contribution in [3.8, 4) is 0 Å². The van der Waals surface area contributed by atoms with Crippen LogP contribution in [0.1, 0.15) is 46.5 Å². The lowest BCUT2D eigenvalue weighted by atomic mass is 10.1. The van der Waals surface area contributed by atoms with Crippen LogP contribution in [0, 0.1) is 12.8 Å². The molecule has 1 heterocycles. The van der Waals surface area contributed by atoms with Gasteiger partial charge < -0.3 is 5.32 Å². The van der Waals surface area contributed by atoms with Crippen molar-refractivity contribution in [1.82, 2.24) is 10.2 Å². The van der Waals surface area contributed by atoms with Gasteiger partial charge in [-0.05, 0) is 25.0 Å². The Morgan fingerprint density at radius 1 is 1.19 bits per heavy atom. The summed E-state index contributed by atoms with van der Waals surface area (Å²) in [6.07, 6.45) is 0.136. The molecule has 2 rings (SSSR count). The summed E-state index contributed by atoms with van der Waals surface area (Å²) in [5.74, 6) is -0.394. The molecule has 0 fully saturated rings. The number of carbonyl (C=O) groups excluding carboxylic acids is 3. The largest absolute Gasteiger partial charge is 0.356 e. The fourth-order valence-electron chi connectivity index (χ4n) is 2.23. The highest BCUT2D eigenvalue weighted by molar-refractivity contribution is 6.21. The fourth-order valence-corrected chi connectivity index (χ4v) is 2.23. The minimum absolute atomic E-state index is 0.120. The van der Waals surface area contributed by atoms with Gasteiger partial charge in [-0.1, -0.05) is 25.5 Å². The van der Waals surface area contributed by atoms with E-state index in [0.717, 1.165) is 10.5 Å². The first-order chi connectivity index (χ1) is 9.90. The first-order valence-corrected chi connectivity index (χ1v) is 7.13. The molecule has 1 aliphatic heterocycles. The summed E-state index contributed by atoms with van der Waals surface area (Å²) < 4.78 is 0.